The molecule has 0 bridgehead atoms. The second-order valence-corrected chi connectivity index (χ2v) is 4.80. The number of esters is 1. The summed E-state index contributed by atoms with van der Waals surface area (Å²) < 4.78 is 10.1. The van der Waals surface area contributed by atoms with E-state index in [2.05, 4.69) is 10.1 Å². The highest BCUT2D eigenvalue weighted by molar-refractivity contribution is 5.75. The first-order valence-electron chi connectivity index (χ1n) is 6.43. The molecular formula is C12H20N2O4. The summed E-state index contributed by atoms with van der Waals surface area (Å²) in [4.78, 5) is 24.8. The highest BCUT2D eigenvalue weighted by atomic mass is 16.5. The minimum Gasteiger partial charge on any atom is -0.469 e. The van der Waals surface area contributed by atoms with Crippen LogP contribution in [0.5, 0.6) is 0 Å². The van der Waals surface area contributed by atoms with Crippen LogP contribution in [-0.2, 0) is 14.3 Å². The number of morpholine rings is 1. The monoisotopic (exact) mass is 256 g/mol. The Hall–Kier alpha value is -1.30. The molecule has 18 heavy (non-hydrogen) atoms. The fourth-order valence-electron chi connectivity index (χ4n) is 2.12. The number of carbonyl (C=O) groups excluding carboxylic acids is 2. The number of urea groups is 1. The average Bonchev–Trinajstić information content (AvgIpc) is 2.33. The Balaban J connectivity index is 1.77. The quantitative estimate of drug-likeness (QED) is 0.747. The first-order valence-corrected chi connectivity index (χ1v) is 6.43. The lowest BCUT2D eigenvalue weighted by atomic mass is 9.93. The highest BCUT2D eigenvalue weighted by Crippen LogP contribution is 2.18. The van der Waals surface area contributed by atoms with Crippen LogP contribution in [0.4, 0.5) is 4.79 Å². The lowest BCUT2D eigenvalue weighted by Gasteiger charge is -2.35. The molecule has 0 radical (unpaired) electrons. The van der Waals surface area contributed by atoms with Crippen LogP contribution >= 0.6 is 0 Å². The standard InChI is InChI=1S/C12H20N2O4/c1-17-11(15)7-10-8-14(5-6-18-10)12(16)13-9-3-2-4-9/h9-10H,2-8H2,1H3,(H,13,16). The van der Waals surface area contributed by atoms with Crippen molar-refractivity contribution in [2.75, 3.05) is 26.8 Å². The molecule has 1 atom stereocenters. The summed E-state index contributed by atoms with van der Waals surface area (Å²) in [5.74, 6) is -0.304. The maximum atomic E-state index is 11.9. The molecule has 1 heterocycles. The van der Waals surface area contributed by atoms with Gasteiger partial charge in [-0.05, 0) is 19.3 Å². The smallest absolute Gasteiger partial charge is 0.317 e. The fraction of sp³-hybridized carbons (Fsp3) is 0.833. The molecule has 102 valence electrons. The molecule has 1 N–H and O–H groups in total. The van der Waals surface area contributed by atoms with E-state index in [4.69, 9.17) is 4.74 Å². The Morgan fingerprint density at radius 3 is 2.83 bits per heavy atom. The minimum atomic E-state index is -0.304. The van der Waals surface area contributed by atoms with Crippen molar-refractivity contribution in [1.82, 2.24) is 10.2 Å². The maximum absolute atomic E-state index is 11.9. The van der Waals surface area contributed by atoms with Crippen molar-refractivity contribution in [3.63, 3.8) is 0 Å². The predicted molar refractivity (Wildman–Crippen MR) is 64.1 cm³/mol. The molecule has 1 aliphatic heterocycles. The van der Waals surface area contributed by atoms with Crippen LogP contribution in [0.3, 0.4) is 0 Å². The third kappa shape index (κ3) is 3.35. The van der Waals surface area contributed by atoms with Crippen molar-refractivity contribution in [2.24, 2.45) is 0 Å². The maximum Gasteiger partial charge on any atom is 0.317 e. The molecule has 1 aliphatic carbocycles. The fourth-order valence-corrected chi connectivity index (χ4v) is 2.12. The normalized spacial score (nSPS) is 24.3. The van der Waals surface area contributed by atoms with Gasteiger partial charge in [-0.1, -0.05) is 0 Å². The van der Waals surface area contributed by atoms with Crippen LogP contribution in [-0.4, -0.2) is 55.9 Å². The molecule has 0 aromatic carbocycles. The molecule has 0 spiro atoms. The SMILES string of the molecule is COC(=O)CC1CN(C(=O)NC2CCC2)CCO1. The van der Waals surface area contributed by atoms with Gasteiger partial charge in [0.2, 0.25) is 0 Å². The first-order chi connectivity index (χ1) is 8.69. The largest absolute Gasteiger partial charge is 0.469 e. The number of amides is 2. The van der Waals surface area contributed by atoms with E-state index in [1.807, 2.05) is 0 Å². The van der Waals surface area contributed by atoms with Gasteiger partial charge in [0.1, 0.15) is 0 Å². The van der Waals surface area contributed by atoms with Gasteiger partial charge in [0.05, 0.1) is 26.2 Å². The van der Waals surface area contributed by atoms with E-state index < -0.39 is 0 Å². The number of hydrogen-bond acceptors (Lipinski definition) is 4. The summed E-state index contributed by atoms with van der Waals surface area (Å²) in [6, 6.07) is 0.289. The Labute approximate surface area is 107 Å². The molecule has 2 aliphatic rings. The van der Waals surface area contributed by atoms with Crippen LogP contribution < -0.4 is 5.32 Å². The lowest BCUT2D eigenvalue weighted by Crippen LogP contribution is -2.53. The molecule has 2 amide bonds. The van der Waals surface area contributed by atoms with Crippen molar-refractivity contribution in [1.29, 1.82) is 0 Å². The first kappa shape index (κ1) is 13.1. The van der Waals surface area contributed by atoms with E-state index in [1.54, 1.807) is 4.90 Å². The van der Waals surface area contributed by atoms with Crippen molar-refractivity contribution >= 4 is 12.0 Å². The molecule has 0 aromatic heterocycles. The summed E-state index contributed by atoms with van der Waals surface area (Å²) in [6.07, 6.45) is 3.28. The lowest BCUT2D eigenvalue weighted by molar-refractivity contribution is -0.145. The molecule has 2 fully saturated rings. The second-order valence-electron chi connectivity index (χ2n) is 4.80. The zero-order valence-electron chi connectivity index (χ0n) is 10.7. The molecule has 1 saturated heterocycles. The van der Waals surface area contributed by atoms with E-state index in [0.717, 1.165) is 12.8 Å². The number of hydrogen-bond donors (Lipinski definition) is 1. The molecule has 1 unspecified atom stereocenters. The van der Waals surface area contributed by atoms with Gasteiger partial charge >= 0.3 is 12.0 Å². The van der Waals surface area contributed by atoms with Crippen LogP contribution in [0.2, 0.25) is 0 Å². The van der Waals surface area contributed by atoms with Crippen LogP contribution in [0.25, 0.3) is 0 Å². The van der Waals surface area contributed by atoms with E-state index in [1.165, 1.54) is 13.5 Å². The third-order valence-electron chi connectivity index (χ3n) is 3.48. The molecular weight excluding hydrogens is 236 g/mol. The number of ether oxygens (including phenoxy) is 2. The number of carbonyl (C=O) groups is 2. The molecule has 0 aromatic rings. The highest BCUT2D eigenvalue weighted by Gasteiger charge is 2.28. The predicted octanol–water partition coefficient (Wildman–Crippen LogP) is 0.512. The van der Waals surface area contributed by atoms with Gasteiger partial charge in [-0.2, -0.15) is 0 Å². The summed E-state index contributed by atoms with van der Waals surface area (Å²) in [5, 5.41) is 2.99. The third-order valence-corrected chi connectivity index (χ3v) is 3.48. The van der Waals surface area contributed by atoms with Gasteiger partial charge in [-0.15, -0.1) is 0 Å². The molecule has 6 nitrogen and oxygen atoms in total. The number of nitrogens with one attached hydrogen (secondary N) is 1. The number of methoxy groups -OCH3 is 1. The number of nitrogens with zero attached hydrogens (tertiary/aromatic N) is 1. The Morgan fingerprint density at radius 2 is 2.22 bits per heavy atom. The zero-order chi connectivity index (χ0) is 13.0. The van der Waals surface area contributed by atoms with E-state index in [-0.39, 0.29) is 24.5 Å². The molecule has 6 heteroatoms. The second kappa shape index (κ2) is 6.04. The Kier molecular flexibility index (Phi) is 4.41. The van der Waals surface area contributed by atoms with Gasteiger partial charge < -0.3 is 19.7 Å². The van der Waals surface area contributed by atoms with E-state index in [0.29, 0.717) is 25.7 Å². The number of rotatable bonds is 3. The van der Waals surface area contributed by atoms with E-state index >= 15 is 0 Å². The minimum absolute atomic E-state index is 0.0436. The zero-order valence-corrected chi connectivity index (χ0v) is 10.7. The van der Waals surface area contributed by atoms with Crippen LogP contribution in [0.15, 0.2) is 0 Å². The molecule has 2 rings (SSSR count). The van der Waals surface area contributed by atoms with Gasteiger partial charge in [0.15, 0.2) is 0 Å². The topological polar surface area (TPSA) is 67.9 Å². The van der Waals surface area contributed by atoms with Crippen molar-refractivity contribution in [3.05, 3.63) is 0 Å². The van der Waals surface area contributed by atoms with Gasteiger partial charge in [0, 0.05) is 19.1 Å². The average molecular weight is 256 g/mol. The van der Waals surface area contributed by atoms with Gasteiger partial charge in [-0.3, -0.25) is 4.79 Å². The van der Waals surface area contributed by atoms with Crippen molar-refractivity contribution < 1.29 is 19.1 Å². The Morgan fingerprint density at radius 1 is 1.44 bits per heavy atom. The summed E-state index contributed by atoms with van der Waals surface area (Å²) in [6.45, 7) is 1.50. The Bertz CT molecular complexity index is 317. The van der Waals surface area contributed by atoms with Crippen LogP contribution in [0.1, 0.15) is 25.7 Å². The van der Waals surface area contributed by atoms with E-state index in [9.17, 15) is 9.59 Å². The van der Waals surface area contributed by atoms with Gasteiger partial charge in [-0.25, -0.2) is 4.79 Å². The summed E-state index contributed by atoms with van der Waals surface area (Å²) in [5.41, 5.74) is 0. The van der Waals surface area contributed by atoms with Gasteiger partial charge in [0.25, 0.3) is 0 Å². The van der Waals surface area contributed by atoms with Crippen molar-refractivity contribution in [2.45, 2.75) is 37.8 Å². The molecule has 1 saturated carbocycles. The van der Waals surface area contributed by atoms with Crippen molar-refractivity contribution in [3.8, 4) is 0 Å². The van der Waals surface area contributed by atoms with Crippen LogP contribution in [0, 0.1) is 0 Å². The summed E-state index contributed by atoms with van der Waals surface area (Å²) >= 11 is 0. The summed E-state index contributed by atoms with van der Waals surface area (Å²) in [7, 11) is 1.35.